The summed E-state index contributed by atoms with van der Waals surface area (Å²) in [5.74, 6) is 3.51. The topological polar surface area (TPSA) is 74.6 Å². The molecule has 4 nitrogen and oxygen atoms in total. The summed E-state index contributed by atoms with van der Waals surface area (Å²) in [7, 11) is -3.47. The monoisotopic (exact) mass is 514 g/mol. The fourth-order valence-electron chi connectivity index (χ4n) is 8.89. The third kappa shape index (κ3) is 4.85. The molecular weight excluding hydrogens is 468 g/mol. The lowest BCUT2D eigenvalue weighted by Crippen LogP contribution is -2.46. The van der Waals surface area contributed by atoms with Gasteiger partial charge >= 0.3 is 0 Å². The van der Waals surface area contributed by atoms with Gasteiger partial charge in [-0.3, -0.25) is 0 Å². The summed E-state index contributed by atoms with van der Waals surface area (Å²) in [6.45, 7) is 4.44. The molecule has 9 atom stereocenters. The van der Waals surface area contributed by atoms with Gasteiger partial charge in [0.2, 0.25) is 0 Å². The van der Waals surface area contributed by atoms with Crippen molar-refractivity contribution in [3.05, 3.63) is 42.0 Å². The van der Waals surface area contributed by atoms with Gasteiger partial charge in [-0.1, -0.05) is 43.7 Å². The van der Waals surface area contributed by atoms with Gasteiger partial charge in [-0.2, -0.15) is 0 Å². The van der Waals surface area contributed by atoms with Crippen molar-refractivity contribution in [2.24, 2.45) is 35.0 Å². The summed E-state index contributed by atoms with van der Waals surface area (Å²) in [5, 5.41) is 20.1. The summed E-state index contributed by atoms with van der Waals surface area (Å²) in [6, 6.07) is 8.83. The van der Waals surface area contributed by atoms with Crippen LogP contribution >= 0.6 is 0 Å². The number of aliphatic hydroxyl groups is 2. The molecule has 200 valence electrons. The minimum Gasteiger partial charge on any atom is -0.393 e. The Labute approximate surface area is 218 Å². The number of benzene rings is 1. The van der Waals surface area contributed by atoms with Crippen LogP contribution in [0.4, 0.5) is 0 Å². The van der Waals surface area contributed by atoms with E-state index in [9.17, 15) is 18.6 Å². The molecule has 3 saturated carbocycles. The Hall–Kier alpha value is -1.17. The second kappa shape index (κ2) is 10.5. The van der Waals surface area contributed by atoms with Crippen LogP contribution in [0.15, 0.2) is 46.9 Å². The highest BCUT2D eigenvalue weighted by molar-refractivity contribution is 7.92. The van der Waals surface area contributed by atoms with Gasteiger partial charge in [0.25, 0.3) is 0 Å². The van der Waals surface area contributed by atoms with Crippen LogP contribution in [0.3, 0.4) is 0 Å². The van der Waals surface area contributed by atoms with E-state index < -0.39 is 21.2 Å². The molecule has 5 heteroatoms. The molecule has 5 rings (SSSR count). The summed E-state index contributed by atoms with van der Waals surface area (Å²) < 4.78 is 27.1. The van der Waals surface area contributed by atoms with Crippen LogP contribution in [0.2, 0.25) is 0 Å². The largest absolute Gasteiger partial charge is 0.393 e. The Kier molecular flexibility index (Phi) is 7.74. The summed E-state index contributed by atoms with van der Waals surface area (Å²) in [4.78, 5) is 0.386. The van der Waals surface area contributed by atoms with E-state index >= 15 is 0 Å². The lowest BCUT2D eigenvalue weighted by Gasteiger charge is -2.54. The van der Waals surface area contributed by atoms with Crippen molar-refractivity contribution in [1.29, 1.82) is 0 Å². The minimum absolute atomic E-state index is 0.139. The minimum atomic E-state index is -3.47. The SMILES string of the molecule is CCC(O)CC(CCC1CCC2C3CC=C4CC(O)CCC4C3CC[C@]12C)S(=O)(=O)c1ccccc1. The number of allylic oxidation sites excluding steroid dienone is 1. The van der Waals surface area contributed by atoms with E-state index in [2.05, 4.69) is 13.0 Å². The van der Waals surface area contributed by atoms with E-state index in [-0.39, 0.29) is 6.10 Å². The first-order chi connectivity index (χ1) is 17.2. The fraction of sp³-hybridized carbons (Fsp3) is 0.742. The highest BCUT2D eigenvalue weighted by Gasteiger charge is 2.55. The number of rotatable bonds is 8. The maximum Gasteiger partial charge on any atom is 0.181 e. The predicted octanol–water partition coefficient (Wildman–Crippen LogP) is 6.32. The van der Waals surface area contributed by atoms with Crippen LogP contribution in [0.5, 0.6) is 0 Å². The lowest BCUT2D eigenvalue weighted by atomic mass is 9.51. The summed E-state index contributed by atoms with van der Waals surface area (Å²) in [6.07, 6.45) is 13.4. The molecule has 4 aliphatic carbocycles. The zero-order valence-electron chi connectivity index (χ0n) is 22.2. The van der Waals surface area contributed by atoms with Gasteiger partial charge in [0.15, 0.2) is 9.84 Å². The number of sulfone groups is 1. The number of aliphatic hydroxyl groups excluding tert-OH is 2. The van der Waals surface area contributed by atoms with Crippen LogP contribution in [-0.4, -0.2) is 36.1 Å². The quantitative estimate of drug-likeness (QED) is 0.398. The molecule has 0 heterocycles. The molecule has 36 heavy (non-hydrogen) atoms. The average molecular weight is 515 g/mol. The highest BCUT2D eigenvalue weighted by atomic mass is 32.2. The summed E-state index contributed by atoms with van der Waals surface area (Å²) >= 11 is 0. The van der Waals surface area contributed by atoms with Gasteiger partial charge in [-0.15, -0.1) is 0 Å². The third-order valence-electron chi connectivity index (χ3n) is 11.0. The Morgan fingerprint density at radius 1 is 1.06 bits per heavy atom. The molecule has 0 saturated heterocycles. The van der Waals surface area contributed by atoms with Crippen molar-refractivity contribution in [3.8, 4) is 0 Å². The Morgan fingerprint density at radius 2 is 1.83 bits per heavy atom. The molecule has 2 N–H and O–H groups in total. The van der Waals surface area contributed by atoms with Crippen LogP contribution in [0, 0.1) is 35.0 Å². The van der Waals surface area contributed by atoms with Crippen molar-refractivity contribution in [2.45, 2.75) is 113 Å². The number of fused-ring (bicyclic) bond motifs is 5. The molecule has 0 amide bonds. The lowest BCUT2D eigenvalue weighted by molar-refractivity contribution is -0.0200. The maximum absolute atomic E-state index is 13.6. The molecule has 0 aliphatic heterocycles. The molecule has 3 fully saturated rings. The second-order valence-corrected chi connectivity index (χ2v) is 14.9. The van der Waals surface area contributed by atoms with Crippen molar-refractivity contribution in [3.63, 3.8) is 0 Å². The number of hydrogen-bond donors (Lipinski definition) is 2. The smallest absolute Gasteiger partial charge is 0.181 e. The maximum atomic E-state index is 13.6. The van der Waals surface area contributed by atoms with Crippen LogP contribution in [0.1, 0.15) is 90.9 Å². The van der Waals surface area contributed by atoms with Crippen molar-refractivity contribution in [2.75, 3.05) is 0 Å². The van der Waals surface area contributed by atoms with Crippen LogP contribution in [0.25, 0.3) is 0 Å². The van der Waals surface area contributed by atoms with Crippen LogP contribution in [-0.2, 0) is 9.84 Å². The van der Waals surface area contributed by atoms with Gasteiger partial charge in [-0.05, 0) is 124 Å². The molecule has 0 bridgehead atoms. The van der Waals surface area contributed by atoms with E-state index in [1.54, 1.807) is 24.3 Å². The third-order valence-corrected chi connectivity index (χ3v) is 13.2. The van der Waals surface area contributed by atoms with Crippen LogP contribution < -0.4 is 0 Å². The van der Waals surface area contributed by atoms with Gasteiger partial charge in [-0.25, -0.2) is 8.42 Å². The van der Waals surface area contributed by atoms with Gasteiger partial charge in [0.1, 0.15) is 0 Å². The molecule has 8 unspecified atom stereocenters. The Bertz CT molecular complexity index is 1030. The van der Waals surface area contributed by atoms with Gasteiger partial charge in [0.05, 0.1) is 22.4 Å². The van der Waals surface area contributed by atoms with Gasteiger partial charge in [0, 0.05) is 0 Å². The first-order valence-electron chi connectivity index (χ1n) is 14.6. The zero-order chi connectivity index (χ0) is 25.5. The Balaban J connectivity index is 1.30. The molecule has 0 radical (unpaired) electrons. The standard InChI is InChI=1S/C31H46O4S/c1-3-23(32)20-26(36(34,35)25-7-5-4-6-8-25)13-10-22-11-16-30-29-14-9-21-19-24(33)12-15-27(21)28(29)17-18-31(22,30)2/h4-9,22-24,26-30,32-33H,3,10-20H2,1-2H3/t22?,23?,24?,26?,27?,28?,29?,30?,31-/m1/s1. The van der Waals surface area contributed by atoms with E-state index in [1.165, 1.54) is 37.7 Å². The van der Waals surface area contributed by atoms with E-state index in [0.29, 0.717) is 41.4 Å². The van der Waals surface area contributed by atoms with Crippen molar-refractivity contribution < 1.29 is 18.6 Å². The van der Waals surface area contributed by atoms with E-state index in [0.717, 1.165) is 43.4 Å². The van der Waals surface area contributed by atoms with E-state index in [1.807, 2.05) is 13.0 Å². The highest BCUT2D eigenvalue weighted by Crippen LogP contribution is 2.64. The molecule has 1 aromatic rings. The van der Waals surface area contributed by atoms with Crippen molar-refractivity contribution >= 4 is 9.84 Å². The average Bonchev–Trinajstić information content (AvgIpc) is 3.22. The normalized spacial score (nSPS) is 37.8. The van der Waals surface area contributed by atoms with E-state index in [4.69, 9.17) is 0 Å². The van der Waals surface area contributed by atoms with Gasteiger partial charge < -0.3 is 10.2 Å². The first kappa shape index (κ1) is 26.4. The molecule has 4 aliphatic rings. The Morgan fingerprint density at radius 3 is 2.58 bits per heavy atom. The molecule has 1 aromatic carbocycles. The second-order valence-electron chi connectivity index (χ2n) is 12.7. The molecule has 0 spiro atoms. The fourth-order valence-corrected chi connectivity index (χ4v) is 10.7. The van der Waals surface area contributed by atoms with Crippen molar-refractivity contribution in [1.82, 2.24) is 0 Å². The first-order valence-corrected chi connectivity index (χ1v) is 16.1. The predicted molar refractivity (Wildman–Crippen MR) is 144 cm³/mol. The molecule has 0 aromatic heterocycles. The summed E-state index contributed by atoms with van der Waals surface area (Å²) in [5.41, 5.74) is 1.84. The molecular formula is C31H46O4S. The number of hydrogen-bond acceptors (Lipinski definition) is 4. The zero-order valence-corrected chi connectivity index (χ0v) is 23.0.